The molecule has 0 saturated carbocycles. The van der Waals surface area contributed by atoms with Crippen LogP contribution in [-0.4, -0.2) is 59.0 Å². The molecule has 202 valence electrons. The Labute approximate surface area is 228 Å². The van der Waals surface area contributed by atoms with Crippen molar-refractivity contribution in [2.75, 3.05) is 32.1 Å². The van der Waals surface area contributed by atoms with Crippen LogP contribution in [-0.2, 0) is 26.2 Å². The minimum Gasteiger partial charge on any atom is -0.497 e. The second-order valence-electron chi connectivity index (χ2n) is 8.30. The maximum Gasteiger partial charge on any atom is 0.264 e. The lowest BCUT2D eigenvalue weighted by Gasteiger charge is -2.32. The SMILES string of the molecule is CNC(=O)[C@H](C)N(Cc1ccc(OC)cc1)C(=O)CN(c1ccc(OC)c(Cl)c1)S(=O)(=O)c1ccccc1. The summed E-state index contributed by atoms with van der Waals surface area (Å²) in [4.78, 5) is 27.6. The van der Waals surface area contributed by atoms with E-state index in [-0.39, 0.29) is 22.2 Å². The van der Waals surface area contributed by atoms with Crippen LogP contribution in [0.3, 0.4) is 0 Å². The van der Waals surface area contributed by atoms with Crippen molar-refractivity contribution in [1.29, 1.82) is 0 Å². The van der Waals surface area contributed by atoms with E-state index in [1.165, 1.54) is 49.4 Å². The fourth-order valence-corrected chi connectivity index (χ4v) is 5.46. The lowest BCUT2D eigenvalue weighted by atomic mass is 10.1. The number of rotatable bonds is 11. The van der Waals surface area contributed by atoms with Gasteiger partial charge in [0, 0.05) is 13.6 Å². The number of carbonyl (C=O) groups excluding carboxylic acids is 2. The molecule has 0 bridgehead atoms. The van der Waals surface area contributed by atoms with Crippen LogP contribution >= 0.6 is 11.6 Å². The van der Waals surface area contributed by atoms with Crippen molar-refractivity contribution >= 4 is 39.1 Å². The Balaban J connectivity index is 2.04. The first-order chi connectivity index (χ1) is 18.1. The lowest BCUT2D eigenvalue weighted by Crippen LogP contribution is -2.50. The van der Waals surface area contributed by atoms with E-state index in [2.05, 4.69) is 5.32 Å². The van der Waals surface area contributed by atoms with Crippen molar-refractivity contribution in [2.24, 2.45) is 0 Å². The Bertz CT molecular complexity index is 1370. The first-order valence-corrected chi connectivity index (χ1v) is 13.5. The number of halogens is 1. The molecule has 38 heavy (non-hydrogen) atoms. The summed E-state index contributed by atoms with van der Waals surface area (Å²) in [5.74, 6) is 0.0239. The molecule has 11 heteroatoms. The predicted molar refractivity (Wildman–Crippen MR) is 146 cm³/mol. The molecule has 0 aromatic heterocycles. The molecule has 3 aromatic rings. The normalized spacial score (nSPS) is 11.8. The number of methoxy groups -OCH3 is 2. The average Bonchev–Trinajstić information content (AvgIpc) is 2.94. The Morgan fingerprint density at radius 1 is 0.974 bits per heavy atom. The maximum atomic E-state index is 13.8. The average molecular weight is 560 g/mol. The van der Waals surface area contributed by atoms with Crippen LogP contribution < -0.4 is 19.1 Å². The molecule has 1 N–H and O–H groups in total. The summed E-state index contributed by atoms with van der Waals surface area (Å²) in [7, 11) is 0.281. The summed E-state index contributed by atoms with van der Waals surface area (Å²) < 4.78 is 38.8. The topological polar surface area (TPSA) is 105 Å². The van der Waals surface area contributed by atoms with Gasteiger partial charge in [0.05, 0.1) is 29.8 Å². The third-order valence-electron chi connectivity index (χ3n) is 5.96. The molecule has 0 aliphatic rings. The number of nitrogens with zero attached hydrogens (tertiary/aromatic N) is 2. The second kappa shape index (κ2) is 12.7. The number of carbonyl (C=O) groups is 2. The molecule has 0 unspecified atom stereocenters. The predicted octanol–water partition coefficient (Wildman–Crippen LogP) is 3.72. The first kappa shape index (κ1) is 28.8. The Morgan fingerprint density at radius 3 is 2.18 bits per heavy atom. The zero-order valence-electron chi connectivity index (χ0n) is 21.5. The van der Waals surface area contributed by atoms with Crippen LogP contribution in [0.2, 0.25) is 5.02 Å². The van der Waals surface area contributed by atoms with E-state index >= 15 is 0 Å². The van der Waals surface area contributed by atoms with Crippen molar-refractivity contribution in [1.82, 2.24) is 10.2 Å². The third kappa shape index (κ3) is 6.56. The van der Waals surface area contributed by atoms with Crippen molar-refractivity contribution < 1.29 is 27.5 Å². The van der Waals surface area contributed by atoms with Crippen molar-refractivity contribution in [3.05, 3.63) is 83.4 Å². The number of ether oxygens (including phenoxy) is 2. The van der Waals surface area contributed by atoms with E-state index in [4.69, 9.17) is 21.1 Å². The first-order valence-electron chi connectivity index (χ1n) is 11.7. The van der Waals surface area contributed by atoms with Gasteiger partial charge >= 0.3 is 0 Å². The van der Waals surface area contributed by atoms with Crippen LogP contribution in [0.5, 0.6) is 11.5 Å². The minimum atomic E-state index is -4.18. The number of benzene rings is 3. The number of nitrogens with one attached hydrogen (secondary N) is 1. The molecule has 0 heterocycles. The van der Waals surface area contributed by atoms with Gasteiger partial charge in [0.15, 0.2) is 0 Å². The van der Waals surface area contributed by atoms with Gasteiger partial charge in [0.2, 0.25) is 11.8 Å². The quantitative estimate of drug-likeness (QED) is 0.384. The molecule has 0 saturated heterocycles. The third-order valence-corrected chi connectivity index (χ3v) is 8.04. The second-order valence-corrected chi connectivity index (χ2v) is 10.6. The van der Waals surface area contributed by atoms with Gasteiger partial charge in [0.1, 0.15) is 24.1 Å². The summed E-state index contributed by atoms with van der Waals surface area (Å²) in [6.07, 6.45) is 0. The summed E-state index contributed by atoms with van der Waals surface area (Å²) in [5.41, 5.74) is 0.907. The van der Waals surface area contributed by atoms with Gasteiger partial charge in [-0.3, -0.25) is 13.9 Å². The number of likely N-dealkylation sites (N-methyl/N-ethyl adjacent to an activating group) is 1. The van der Waals surface area contributed by atoms with E-state index in [1.54, 1.807) is 56.5 Å². The van der Waals surface area contributed by atoms with Gasteiger partial charge in [-0.1, -0.05) is 41.9 Å². The minimum absolute atomic E-state index is 0.000736. The van der Waals surface area contributed by atoms with Gasteiger partial charge < -0.3 is 19.7 Å². The highest BCUT2D eigenvalue weighted by Crippen LogP contribution is 2.32. The van der Waals surface area contributed by atoms with Crippen LogP contribution in [0.25, 0.3) is 0 Å². The zero-order valence-corrected chi connectivity index (χ0v) is 23.1. The molecule has 9 nitrogen and oxygen atoms in total. The number of amides is 2. The molecular formula is C27H30ClN3O6S. The van der Waals surface area contributed by atoms with E-state index < -0.39 is 34.4 Å². The number of hydrogen-bond acceptors (Lipinski definition) is 6. The van der Waals surface area contributed by atoms with Crippen LogP contribution in [0.4, 0.5) is 5.69 Å². The molecule has 0 spiro atoms. The van der Waals surface area contributed by atoms with Crippen molar-refractivity contribution in [3.63, 3.8) is 0 Å². The summed E-state index contributed by atoms with van der Waals surface area (Å²) in [6.45, 7) is 1.08. The van der Waals surface area contributed by atoms with Crippen LogP contribution in [0, 0.1) is 0 Å². The highest BCUT2D eigenvalue weighted by molar-refractivity contribution is 7.92. The largest absolute Gasteiger partial charge is 0.497 e. The highest BCUT2D eigenvalue weighted by Gasteiger charge is 2.32. The molecule has 2 amide bonds. The van der Waals surface area contributed by atoms with E-state index in [0.717, 1.165) is 9.87 Å². The molecule has 1 atom stereocenters. The van der Waals surface area contributed by atoms with Crippen molar-refractivity contribution in [2.45, 2.75) is 24.4 Å². The number of sulfonamides is 1. The number of hydrogen-bond donors (Lipinski definition) is 1. The molecule has 0 radical (unpaired) electrons. The molecule has 3 aromatic carbocycles. The van der Waals surface area contributed by atoms with Gasteiger partial charge in [-0.15, -0.1) is 0 Å². The van der Waals surface area contributed by atoms with Gasteiger partial charge in [-0.25, -0.2) is 8.42 Å². The van der Waals surface area contributed by atoms with E-state index in [0.29, 0.717) is 11.5 Å². The van der Waals surface area contributed by atoms with Crippen LogP contribution in [0.15, 0.2) is 77.7 Å². The van der Waals surface area contributed by atoms with Gasteiger partial charge in [-0.05, 0) is 55.0 Å². The highest BCUT2D eigenvalue weighted by atomic mass is 35.5. The Kier molecular flexibility index (Phi) is 9.60. The summed E-state index contributed by atoms with van der Waals surface area (Å²) >= 11 is 6.31. The van der Waals surface area contributed by atoms with Crippen molar-refractivity contribution in [3.8, 4) is 11.5 Å². The van der Waals surface area contributed by atoms with E-state index in [1.807, 2.05) is 0 Å². The maximum absolute atomic E-state index is 13.8. The lowest BCUT2D eigenvalue weighted by molar-refractivity contribution is -0.139. The molecule has 0 aliphatic carbocycles. The van der Waals surface area contributed by atoms with Gasteiger partial charge in [0.25, 0.3) is 10.0 Å². The van der Waals surface area contributed by atoms with Crippen LogP contribution in [0.1, 0.15) is 12.5 Å². The number of anilines is 1. The molecule has 3 rings (SSSR count). The summed E-state index contributed by atoms with van der Waals surface area (Å²) in [5, 5.41) is 2.73. The molecule has 0 fully saturated rings. The smallest absolute Gasteiger partial charge is 0.264 e. The zero-order chi connectivity index (χ0) is 27.9. The molecule has 0 aliphatic heterocycles. The Hall–Kier alpha value is -3.76. The summed E-state index contributed by atoms with van der Waals surface area (Å²) in [6, 6.07) is 18.4. The fraction of sp³-hybridized carbons (Fsp3) is 0.259. The van der Waals surface area contributed by atoms with E-state index in [9.17, 15) is 18.0 Å². The Morgan fingerprint density at radius 2 is 1.63 bits per heavy atom. The van der Waals surface area contributed by atoms with Gasteiger partial charge in [-0.2, -0.15) is 0 Å². The monoisotopic (exact) mass is 559 g/mol. The fourth-order valence-electron chi connectivity index (χ4n) is 3.78. The molecular weight excluding hydrogens is 530 g/mol. The standard InChI is InChI=1S/C27H30ClN3O6S/c1-19(27(33)29-2)30(17-20-10-13-22(36-3)14-11-20)26(32)18-31(21-12-15-25(37-4)24(28)16-21)38(34,35)23-8-6-5-7-9-23/h5-16,19H,17-18H2,1-4H3,(H,29,33)/t19-/m0/s1.